The SMILES string of the molecule is Cc1csc(C(=O)NCCn2ccnc2C)c1. The molecule has 0 fully saturated rings. The maximum atomic E-state index is 11.7. The molecule has 0 aromatic carbocycles. The van der Waals surface area contributed by atoms with Crippen molar-refractivity contribution in [3.63, 3.8) is 0 Å². The van der Waals surface area contributed by atoms with E-state index in [1.165, 1.54) is 11.3 Å². The number of imidazole rings is 1. The Balaban J connectivity index is 1.83. The van der Waals surface area contributed by atoms with Gasteiger partial charge in [0.2, 0.25) is 0 Å². The molecule has 5 heteroatoms. The van der Waals surface area contributed by atoms with Gasteiger partial charge in [-0.05, 0) is 30.9 Å². The first-order valence-corrected chi connectivity index (χ1v) is 6.36. The highest BCUT2D eigenvalue weighted by molar-refractivity contribution is 7.12. The number of hydrogen-bond donors (Lipinski definition) is 1. The van der Waals surface area contributed by atoms with Crippen LogP contribution in [0.25, 0.3) is 0 Å². The molecular formula is C12H15N3OS. The number of nitrogens with one attached hydrogen (secondary N) is 1. The third-order valence-electron chi connectivity index (χ3n) is 2.52. The highest BCUT2D eigenvalue weighted by Gasteiger charge is 2.06. The fourth-order valence-corrected chi connectivity index (χ4v) is 2.38. The average Bonchev–Trinajstić information content (AvgIpc) is 2.88. The Morgan fingerprint density at radius 1 is 1.53 bits per heavy atom. The number of carbonyl (C=O) groups is 1. The molecule has 2 aromatic rings. The summed E-state index contributed by atoms with van der Waals surface area (Å²) in [5, 5.41) is 4.88. The van der Waals surface area contributed by atoms with Gasteiger partial charge in [0, 0.05) is 25.5 Å². The van der Waals surface area contributed by atoms with Gasteiger partial charge in [-0.3, -0.25) is 4.79 Å². The van der Waals surface area contributed by atoms with Crippen LogP contribution >= 0.6 is 11.3 Å². The van der Waals surface area contributed by atoms with Crippen LogP contribution in [0.1, 0.15) is 21.1 Å². The van der Waals surface area contributed by atoms with E-state index in [0.717, 1.165) is 22.8 Å². The molecule has 0 atom stereocenters. The summed E-state index contributed by atoms with van der Waals surface area (Å²) in [4.78, 5) is 16.6. The maximum Gasteiger partial charge on any atom is 0.261 e. The van der Waals surface area contributed by atoms with E-state index < -0.39 is 0 Å². The standard InChI is InChI=1S/C12H15N3OS/c1-9-7-11(17-8-9)12(16)14-4-6-15-5-3-13-10(15)2/h3,5,7-8H,4,6H2,1-2H3,(H,14,16). The van der Waals surface area contributed by atoms with Gasteiger partial charge in [-0.15, -0.1) is 11.3 Å². The van der Waals surface area contributed by atoms with Crippen molar-refractivity contribution in [2.45, 2.75) is 20.4 Å². The Bertz CT molecular complexity index is 515. The Morgan fingerprint density at radius 3 is 2.94 bits per heavy atom. The lowest BCUT2D eigenvalue weighted by Gasteiger charge is -2.06. The van der Waals surface area contributed by atoms with Crippen LogP contribution in [0.4, 0.5) is 0 Å². The fraction of sp³-hybridized carbons (Fsp3) is 0.333. The summed E-state index contributed by atoms with van der Waals surface area (Å²) in [5.41, 5.74) is 1.13. The Hall–Kier alpha value is -1.62. The monoisotopic (exact) mass is 249 g/mol. The van der Waals surface area contributed by atoms with Crippen molar-refractivity contribution in [1.29, 1.82) is 0 Å². The zero-order valence-corrected chi connectivity index (χ0v) is 10.8. The van der Waals surface area contributed by atoms with Crippen LogP contribution < -0.4 is 5.32 Å². The fourth-order valence-electron chi connectivity index (χ4n) is 1.57. The molecule has 4 nitrogen and oxygen atoms in total. The largest absolute Gasteiger partial charge is 0.350 e. The van der Waals surface area contributed by atoms with Crippen LogP contribution in [0.2, 0.25) is 0 Å². The smallest absolute Gasteiger partial charge is 0.261 e. The summed E-state index contributed by atoms with van der Waals surface area (Å²) in [6.07, 6.45) is 3.68. The summed E-state index contributed by atoms with van der Waals surface area (Å²) >= 11 is 1.48. The lowest BCUT2D eigenvalue weighted by atomic mass is 10.3. The Labute approximate surface area is 104 Å². The van der Waals surface area contributed by atoms with E-state index >= 15 is 0 Å². The predicted octanol–water partition coefficient (Wildman–Crippen LogP) is 1.99. The molecule has 0 saturated carbocycles. The van der Waals surface area contributed by atoms with Crippen molar-refractivity contribution in [2.24, 2.45) is 0 Å². The predicted molar refractivity (Wildman–Crippen MR) is 68.4 cm³/mol. The third kappa shape index (κ3) is 2.94. The zero-order chi connectivity index (χ0) is 12.3. The van der Waals surface area contributed by atoms with Gasteiger partial charge in [0.05, 0.1) is 4.88 Å². The van der Waals surface area contributed by atoms with Gasteiger partial charge in [-0.25, -0.2) is 4.98 Å². The molecule has 0 aliphatic carbocycles. The van der Waals surface area contributed by atoms with Crippen molar-refractivity contribution in [1.82, 2.24) is 14.9 Å². The van der Waals surface area contributed by atoms with Crippen molar-refractivity contribution in [3.05, 3.63) is 40.1 Å². The molecule has 0 bridgehead atoms. The summed E-state index contributed by atoms with van der Waals surface area (Å²) in [6.45, 7) is 5.31. The van der Waals surface area contributed by atoms with E-state index in [4.69, 9.17) is 0 Å². The first-order chi connectivity index (χ1) is 8.16. The van der Waals surface area contributed by atoms with Crippen LogP contribution in [0.3, 0.4) is 0 Å². The lowest BCUT2D eigenvalue weighted by Crippen LogP contribution is -2.26. The number of aromatic nitrogens is 2. The molecule has 2 aromatic heterocycles. The van der Waals surface area contributed by atoms with Gasteiger partial charge in [-0.1, -0.05) is 0 Å². The van der Waals surface area contributed by atoms with E-state index in [1.54, 1.807) is 6.20 Å². The van der Waals surface area contributed by atoms with E-state index in [-0.39, 0.29) is 5.91 Å². The summed E-state index contributed by atoms with van der Waals surface area (Å²) in [5.74, 6) is 0.965. The minimum Gasteiger partial charge on any atom is -0.350 e. The maximum absolute atomic E-state index is 11.7. The topological polar surface area (TPSA) is 46.9 Å². The number of amides is 1. The number of rotatable bonds is 4. The normalized spacial score (nSPS) is 10.5. The number of nitrogens with zero attached hydrogens (tertiary/aromatic N) is 2. The average molecular weight is 249 g/mol. The molecule has 2 rings (SSSR count). The molecular weight excluding hydrogens is 234 g/mol. The van der Waals surface area contributed by atoms with Crippen LogP contribution in [-0.4, -0.2) is 22.0 Å². The summed E-state index contributed by atoms with van der Waals surface area (Å²) < 4.78 is 2.01. The second-order valence-corrected chi connectivity index (χ2v) is 4.82. The van der Waals surface area contributed by atoms with Gasteiger partial charge in [0.1, 0.15) is 5.82 Å². The van der Waals surface area contributed by atoms with Gasteiger partial charge < -0.3 is 9.88 Å². The second kappa shape index (κ2) is 5.14. The highest BCUT2D eigenvalue weighted by atomic mass is 32.1. The minimum absolute atomic E-state index is 0.000804. The molecule has 90 valence electrons. The van der Waals surface area contributed by atoms with E-state index in [9.17, 15) is 4.79 Å². The van der Waals surface area contributed by atoms with Crippen molar-refractivity contribution in [3.8, 4) is 0 Å². The molecule has 0 unspecified atom stereocenters. The zero-order valence-electron chi connectivity index (χ0n) is 9.93. The van der Waals surface area contributed by atoms with Crippen LogP contribution in [0.15, 0.2) is 23.8 Å². The molecule has 0 aliphatic rings. The lowest BCUT2D eigenvalue weighted by molar-refractivity contribution is 0.0956. The molecule has 0 radical (unpaired) electrons. The van der Waals surface area contributed by atoms with E-state index in [0.29, 0.717) is 6.54 Å². The molecule has 0 saturated heterocycles. The molecule has 1 N–H and O–H groups in total. The second-order valence-electron chi connectivity index (χ2n) is 3.91. The van der Waals surface area contributed by atoms with Gasteiger partial charge in [-0.2, -0.15) is 0 Å². The van der Waals surface area contributed by atoms with Crippen molar-refractivity contribution < 1.29 is 4.79 Å². The number of aryl methyl sites for hydroxylation is 2. The summed E-state index contributed by atoms with van der Waals surface area (Å²) in [7, 11) is 0. The van der Waals surface area contributed by atoms with E-state index in [2.05, 4.69) is 10.3 Å². The highest BCUT2D eigenvalue weighted by Crippen LogP contribution is 2.12. The molecule has 2 heterocycles. The third-order valence-corrected chi connectivity index (χ3v) is 3.56. The number of hydrogen-bond acceptors (Lipinski definition) is 3. The Kier molecular flexibility index (Phi) is 3.58. The molecule has 0 spiro atoms. The Morgan fingerprint density at radius 2 is 2.35 bits per heavy atom. The van der Waals surface area contributed by atoms with Gasteiger partial charge in [0.25, 0.3) is 5.91 Å². The van der Waals surface area contributed by atoms with Crippen LogP contribution in [-0.2, 0) is 6.54 Å². The number of thiophene rings is 1. The van der Waals surface area contributed by atoms with Crippen molar-refractivity contribution in [2.75, 3.05) is 6.54 Å². The molecule has 0 aliphatic heterocycles. The van der Waals surface area contributed by atoms with Crippen LogP contribution in [0, 0.1) is 13.8 Å². The van der Waals surface area contributed by atoms with E-state index in [1.807, 2.05) is 36.1 Å². The molecule has 17 heavy (non-hydrogen) atoms. The van der Waals surface area contributed by atoms with Gasteiger partial charge in [0.15, 0.2) is 0 Å². The number of carbonyl (C=O) groups excluding carboxylic acids is 1. The minimum atomic E-state index is 0.000804. The molecule has 1 amide bonds. The van der Waals surface area contributed by atoms with Crippen molar-refractivity contribution >= 4 is 17.2 Å². The van der Waals surface area contributed by atoms with Crippen LogP contribution in [0.5, 0.6) is 0 Å². The quantitative estimate of drug-likeness (QED) is 0.900. The first-order valence-electron chi connectivity index (χ1n) is 5.48. The summed E-state index contributed by atoms with van der Waals surface area (Å²) in [6, 6.07) is 1.91. The van der Waals surface area contributed by atoms with Gasteiger partial charge >= 0.3 is 0 Å². The first kappa shape index (κ1) is 11.9.